The van der Waals surface area contributed by atoms with E-state index in [0.717, 1.165) is 25.2 Å². The van der Waals surface area contributed by atoms with E-state index in [4.69, 9.17) is 11.6 Å². The van der Waals surface area contributed by atoms with Gasteiger partial charge in [-0.2, -0.15) is 0 Å². The highest BCUT2D eigenvalue weighted by molar-refractivity contribution is 6.31. The molecule has 0 aliphatic carbocycles. The molecular formula is C17H24ClNO. The Hall–Kier alpha value is -0.860. The summed E-state index contributed by atoms with van der Waals surface area (Å²) in [6, 6.07) is 7.24. The first-order valence-electron chi connectivity index (χ1n) is 7.47. The molecule has 2 nitrogen and oxygen atoms in total. The molecule has 0 aromatic heterocycles. The minimum absolute atomic E-state index is 0.191. The third kappa shape index (κ3) is 4.60. The van der Waals surface area contributed by atoms with Crippen molar-refractivity contribution in [2.24, 2.45) is 5.41 Å². The molecule has 0 N–H and O–H groups in total. The van der Waals surface area contributed by atoms with Gasteiger partial charge < -0.3 is 4.90 Å². The summed E-state index contributed by atoms with van der Waals surface area (Å²) in [6.45, 7) is 7.77. The van der Waals surface area contributed by atoms with E-state index >= 15 is 0 Å². The SMILES string of the molecule is CC1(C)CCCN(CCC(=O)c2cccc(Cl)c2)CC1. The molecular weight excluding hydrogens is 270 g/mol. The van der Waals surface area contributed by atoms with E-state index in [0.29, 0.717) is 16.9 Å². The van der Waals surface area contributed by atoms with Gasteiger partial charge in [-0.25, -0.2) is 0 Å². The summed E-state index contributed by atoms with van der Waals surface area (Å²) in [4.78, 5) is 14.6. The number of carbonyl (C=O) groups is 1. The molecule has 0 unspecified atom stereocenters. The van der Waals surface area contributed by atoms with Crippen molar-refractivity contribution in [1.82, 2.24) is 4.90 Å². The lowest BCUT2D eigenvalue weighted by Gasteiger charge is -2.23. The number of Topliss-reactive ketones (excluding diaryl/α,β-unsaturated/α-hetero) is 1. The van der Waals surface area contributed by atoms with Crippen molar-refractivity contribution in [3.8, 4) is 0 Å². The molecule has 0 amide bonds. The number of carbonyl (C=O) groups excluding carboxylic acids is 1. The molecule has 1 fully saturated rings. The van der Waals surface area contributed by atoms with Gasteiger partial charge in [0.2, 0.25) is 0 Å². The van der Waals surface area contributed by atoms with Crippen molar-refractivity contribution in [3.63, 3.8) is 0 Å². The molecule has 2 rings (SSSR count). The number of likely N-dealkylation sites (tertiary alicyclic amines) is 1. The second-order valence-electron chi connectivity index (χ2n) is 6.54. The summed E-state index contributed by atoms with van der Waals surface area (Å²) < 4.78 is 0. The summed E-state index contributed by atoms with van der Waals surface area (Å²) in [5, 5.41) is 0.632. The van der Waals surface area contributed by atoms with E-state index < -0.39 is 0 Å². The number of benzene rings is 1. The molecule has 0 radical (unpaired) electrons. The van der Waals surface area contributed by atoms with Crippen LogP contribution in [-0.4, -0.2) is 30.3 Å². The molecule has 0 bridgehead atoms. The lowest BCUT2D eigenvalue weighted by molar-refractivity contribution is 0.0964. The van der Waals surface area contributed by atoms with Crippen LogP contribution in [0.2, 0.25) is 5.02 Å². The molecule has 20 heavy (non-hydrogen) atoms. The summed E-state index contributed by atoms with van der Waals surface area (Å²) in [7, 11) is 0. The number of halogens is 1. The van der Waals surface area contributed by atoms with Gasteiger partial charge in [-0.15, -0.1) is 0 Å². The Morgan fingerprint density at radius 1 is 1.30 bits per heavy atom. The van der Waals surface area contributed by atoms with Crippen molar-refractivity contribution in [1.29, 1.82) is 0 Å². The van der Waals surface area contributed by atoms with E-state index in [2.05, 4.69) is 18.7 Å². The summed E-state index contributed by atoms with van der Waals surface area (Å²) in [5.74, 6) is 0.191. The molecule has 1 aromatic carbocycles. The average Bonchev–Trinajstić information content (AvgIpc) is 2.57. The Kier molecular flexibility index (Phi) is 5.22. The first kappa shape index (κ1) is 15.5. The van der Waals surface area contributed by atoms with Crippen LogP contribution in [0.25, 0.3) is 0 Å². The normalized spacial score (nSPS) is 19.6. The van der Waals surface area contributed by atoms with Crippen molar-refractivity contribution in [2.45, 2.75) is 39.5 Å². The van der Waals surface area contributed by atoms with E-state index in [1.807, 2.05) is 12.1 Å². The van der Waals surface area contributed by atoms with Gasteiger partial charge in [-0.3, -0.25) is 4.79 Å². The highest BCUT2D eigenvalue weighted by Gasteiger charge is 2.23. The molecule has 1 aromatic rings. The Labute approximate surface area is 127 Å². The smallest absolute Gasteiger partial charge is 0.164 e. The third-order valence-corrected chi connectivity index (χ3v) is 4.47. The van der Waals surface area contributed by atoms with Gasteiger partial charge in [-0.1, -0.05) is 37.6 Å². The van der Waals surface area contributed by atoms with Crippen molar-refractivity contribution < 1.29 is 4.79 Å². The van der Waals surface area contributed by atoms with Gasteiger partial charge in [0.05, 0.1) is 0 Å². The van der Waals surface area contributed by atoms with Crippen LogP contribution in [0.4, 0.5) is 0 Å². The van der Waals surface area contributed by atoms with Crippen LogP contribution >= 0.6 is 11.6 Å². The maximum absolute atomic E-state index is 12.2. The minimum atomic E-state index is 0.191. The second kappa shape index (κ2) is 6.73. The topological polar surface area (TPSA) is 20.3 Å². The lowest BCUT2D eigenvalue weighted by Crippen LogP contribution is -2.28. The van der Waals surface area contributed by atoms with E-state index in [-0.39, 0.29) is 5.78 Å². The Morgan fingerprint density at radius 3 is 2.85 bits per heavy atom. The molecule has 1 aliphatic rings. The Balaban J connectivity index is 1.84. The van der Waals surface area contributed by atoms with Crippen molar-refractivity contribution in [2.75, 3.05) is 19.6 Å². The van der Waals surface area contributed by atoms with Crippen molar-refractivity contribution in [3.05, 3.63) is 34.9 Å². The Bertz CT molecular complexity index is 470. The zero-order valence-corrected chi connectivity index (χ0v) is 13.2. The van der Waals surface area contributed by atoms with Crippen LogP contribution in [0.3, 0.4) is 0 Å². The number of nitrogens with zero attached hydrogens (tertiary/aromatic N) is 1. The van der Waals surface area contributed by atoms with Crippen molar-refractivity contribution >= 4 is 17.4 Å². The summed E-state index contributed by atoms with van der Waals surface area (Å²) in [5.41, 5.74) is 1.18. The molecule has 1 aliphatic heterocycles. The zero-order chi connectivity index (χ0) is 14.6. The summed E-state index contributed by atoms with van der Waals surface area (Å²) >= 11 is 5.93. The average molecular weight is 294 g/mol. The third-order valence-electron chi connectivity index (χ3n) is 4.23. The zero-order valence-electron chi connectivity index (χ0n) is 12.5. The summed E-state index contributed by atoms with van der Waals surface area (Å²) in [6.07, 6.45) is 4.32. The maximum Gasteiger partial charge on any atom is 0.164 e. The molecule has 1 heterocycles. The highest BCUT2D eigenvalue weighted by atomic mass is 35.5. The van der Waals surface area contributed by atoms with Gasteiger partial charge in [0, 0.05) is 23.6 Å². The fourth-order valence-electron chi connectivity index (χ4n) is 2.77. The van der Waals surface area contributed by atoms with Gasteiger partial charge in [0.25, 0.3) is 0 Å². The van der Waals surface area contributed by atoms with Crippen LogP contribution in [0.15, 0.2) is 24.3 Å². The largest absolute Gasteiger partial charge is 0.303 e. The molecule has 0 atom stereocenters. The number of rotatable bonds is 4. The van der Waals surface area contributed by atoms with E-state index in [1.165, 1.54) is 19.3 Å². The maximum atomic E-state index is 12.2. The fourth-order valence-corrected chi connectivity index (χ4v) is 2.96. The molecule has 110 valence electrons. The van der Waals surface area contributed by atoms with E-state index in [1.54, 1.807) is 12.1 Å². The van der Waals surface area contributed by atoms with Crippen LogP contribution in [-0.2, 0) is 0 Å². The molecule has 0 saturated carbocycles. The molecule has 3 heteroatoms. The number of hydrogen-bond donors (Lipinski definition) is 0. The quantitative estimate of drug-likeness (QED) is 0.766. The highest BCUT2D eigenvalue weighted by Crippen LogP contribution is 2.29. The second-order valence-corrected chi connectivity index (χ2v) is 6.98. The van der Waals surface area contributed by atoms with Gasteiger partial charge in [-0.05, 0) is 49.9 Å². The monoisotopic (exact) mass is 293 g/mol. The minimum Gasteiger partial charge on any atom is -0.303 e. The first-order valence-corrected chi connectivity index (χ1v) is 7.85. The van der Waals surface area contributed by atoms with E-state index in [9.17, 15) is 4.79 Å². The molecule has 1 saturated heterocycles. The van der Waals surface area contributed by atoms with Crippen LogP contribution in [0, 0.1) is 5.41 Å². The first-order chi connectivity index (χ1) is 9.46. The van der Waals surface area contributed by atoms with Gasteiger partial charge in [0.15, 0.2) is 5.78 Å². The predicted octanol–water partition coefficient (Wildman–Crippen LogP) is 4.42. The fraction of sp³-hybridized carbons (Fsp3) is 0.588. The molecule has 0 spiro atoms. The van der Waals surface area contributed by atoms with Crippen LogP contribution in [0.1, 0.15) is 49.9 Å². The number of ketones is 1. The number of hydrogen-bond acceptors (Lipinski definition) is 2. The predicted molar refractivity (Wildman–Crippen MR) is 84.5 cm³/mol. The lowest BCUT2D eigenvalue weighted by atomic mass is 9.85. The standard InChI is InChI=1S/C17H24ClNO/c1-17(2)8-4-10-19(12-9-17)11-7-16(20)14-5-3-6-15(18)13-14/h3,5-6,13H,4,7-12H2,1-2H3. The van der Waals surface area contributed by atoms with Crippen LogP contribution in [0.5, 0.6) is 0 Å². The van der Waals surface area contributed by atoms with Crippen LogP contribution < -0.4 is 0 Å². The van der Waals surface area contributed by atoms with Gasteiger partial charge >= 0.3 is 0 Å². The van der Waals surface area contributed by atoms with Gasteiger partial charge in [0.1, 0.15) is 0 Å². The Morgan fingerprint density at radius 2 is 2.10 bits per heavy atom.